The first kappa shape index (κ1) is 19.3. The lowest BCUT2D eigenvalue weighted by Crippen LogP contribution is -2.39. The highest BCUT2D eigenvalue weighted by Gasteiger charge is 2.28. The molecule has 0 bridgehead atoms. The molecule has 0 aromatic heterocycles. The summed E-state index contributed by atoms with van der Waals surface area (Å²) in [5, 5.41) is 11.1. The van der Waals surface area contributed by atoms with Crippen molar-refractivity contribution in [1.82, 2.24) is 0 Å². The minimum atomic E-state index is -0.569. The molecule has 0 N–H and O–H groups in total. The number of rotatable bonds is 5. The lowest BCUT2D eigenvalue weighted by Gasteiger charge is -2.35. The second-order valence-corrected chi connectivity index (χ2v) is 6.86. The molecule has 1 saturated heterocycles. The molecule has 0 aliphatic carbocycles. The number of nitrogens with zero attached hydrogens (tertiary/aromatic N) is 2. The Labute approximate surface area is 165 Å². The van der Waals surface area contributed by atoms with E-state index in [1.54, 1.807) is 13.0 Å². The summed E-state index contributed by atoms with van der Waals surface area (Å²) >= 11 is 3.54. The number of carbonyl (C=O) groups is 1. The van der Waals surface area contributed by atoms with E-state index in [0.29, 0.717) is 25.4 Å². The van der Waals surface area contributed by atoms with E-state index in [-0.39, 0.29) is 24.0 Å². The van der Waals surface area contributed by atoms with E-state index in [0.717, 1.165) is 10.0 Å². The molecule has 0 radical (unpaired) electrons. The lowest BCUT2D eigenvalue weighted by molar-refractivity contribution is -0.384. The number of halogens is 1. The monoisotopic (exact) mass is 434 g/mol. The van der Waals surface area contributed by atoms with Crippen LogP contribution in [-0.4, -0.2) is 37.2 Å². The van der Waals surface area contributed by atoms with Gasteiger partial charge < -0.3 is 14.4 Å². The first-order valence-corrected chi connectivity index (χ1v) is 9.37. The quantitative estimate of drug-likeness (QED) is 0.400. The number of esters is 1. The van der Waals surface area contributed by atoms with Crippen LogP contribution in [0.3, 0.4) is 0 Å². The Morgan fingerprint density at radius 3 is 2.85 bits per heavy atom. The van der Waals surface area contributed by atoms with E-state index in [1.165, 1.54) is 12.1 Å². The highest BCUT2D eigenvalue weighted by atomic mass is 79.9. The number of nitro benzene ring substituents is 1. The zero-order valence-corrected chi connectivity index (χ0v) is 16.3. The van der Waals surface area contributed by atoms with Crippen molar-refractivity contribution in [2.75, 3.05) is 31.2 Å². The van der Waals surface area contributed by atoms with Gasteiger partial charge in [0.25, 0.3) is 5.69 Å². The van der Waals surface area contributed by atoms with Gasteiger partial charge in [0.05, 0.1) is 29.4 Å². The van der Waals surface area contributed by atoms with Crippen molar-refractivity contribution in [3.63, 3.8) is 0 Å². The Bertz CT molecular complexity index is 858. The lowest BCUT2D eigenvalue weighted by atomic mass is 10.1. The summed E-state index contributed by atoms with van der Waals surface area (Å²) in [5.74, 6) is -0.569. The maximum absolute atomic E-state index is 12.4. The SMILES string of the molecule is CCOC(=O)c1cc([N+](=O)[O-])ccc1N1CCOC(c2ccccc2Br)C1. The molecule has 1 atom stereocenters. The predicted molar refractivity (Wildman–Crippen MR) is 104 cm³/mol. The van der Waals surface area contributed by atoms with Gasteiger partial charge in [-0.1, -0.05) is 34.1 Å². The van der Waals surface area contributed by atoms with Crippen LogP contribution in [0.5, 0.6) is 0 Å². The summed E-state index contributed by atoms with van der Waals surface area (Å²) in [5.41, 5.74) is 1.68. The minimum Gasteiger partial charge on any atom is -0.462 e. The Hall–Kier alpha value is -2.45. The fourth-order valence-corrected chi connectivity index (χ4v) is 3.62. The zero-order valence-electron chi connectivity index (χ0n) is 14.8. The number of morpholine rings is 1. The van der Waals surface area contributed by atoms with Crippen molar-refractivity contribution in [3.8, 4) is 0 Å². The summed E-state index contributed by atoms with van der Waals surface area (Å²) in [6.45, 7) is 3.47. The maximum atomic E-state index is 12.4. The molecular weight excluding hydrogens is 416 g/mol. The topological polar surface area (TPSA) is 81.9 Å². The minimum absolute atomic E-state index is 0.141. The maximum Gasteiger partial charge on any atom is 0.340 e. The average molecular weight is 435 g/mol. The number of hydrogen-bond donors (Lipinski definition) is 0. The van der Waals surface area contributed by atoms with Crippen LogP contribution >= 0.6 is 15.9 Å². The van der Waals surface area contributed by atoms with E-state index < -0.39 is 10.9 Å². The van der Waals surface area contributed by atoms with Gasteiger partial charge in [-0.2, -0.15) is 0 Å². The third kappa shape index (κ3) is 4.28. The van der Waals surface area contributed by atoms with E-state index in [4.69, 9.17) is 9.47 Å². The molecule has 2 aromatic carbocycles. The van der Waals surface area contributed by atoms with Crippen molar-refractivity contribution in [2.24, 2.45) is 0 Å². The Balaban J connectivity index is 1.93. The van der Waals surface area contributed by atoms with Crippen molar-refractivity contribution >= 4 is 33.3 Å². The molecule has 1 aliphatic rings. The fourth-order valence-electron chi connectivity index (χ4n) is 3.08. The molecule has 1 fully saturated rings. The van der Waals surface area contributed by atoms with Crippen LogP contribution in [-0.2, 0) is 9.47 Å². The van der Waals surface area contributed by atoms with Crippen molar-refractivity contribution < 1.29 is 19.2 Å². The van der Waals surface area contributed by atoms with Gasteiger partial charge in [-0.15, -0.1) is 0 Å². The van der Waals surface area contributed by atoms with Gasteiger partial charge in [0, 0.05) is 29.7 Å². The van der Waals surface area contributed by atoms with Crippen molar-refractivity contribution in [2.45, 2.75) is 13.0 Å². The summed E-state index contributed by atoms with van der Waals surface area (Å²) in [6.07, 6.45) is -0.181. The largest absolute Gasteiger partial charge is 0.462 e. The predicted octanol–water partition coefficient (Wildman–Crippen LogP) is 4.11. The van der Waals surface area contributed by atoms with Crippen LogP contribution in [0, 0.1) is 10.1 Å². The van der Waals surface area contributed by atoms with Crippen LogP contribution in [0.15, 0.2) is 46.9 Å². The van der Waals surface area contributed by atoms with Gasteiger partial charge in [0.15, 0.2) is 0 Å². The van der Waals surface area contributed by atoms with Crippen LogP contribution < -0.4 is 4.90 Å². The van der Waals surface area contributed by atoms with Gasteiger partial charge in [0.2, 0.25) is 0 Å². The molecule has 1 heterocycles. The highest BCUT2D eigenvalue weighted by molar-refractivity contribution is 9.10. The molecule has 1 aliphatic heterocycles. The number of anilines is 1. The second-order valence-electron chi connectivity index (χ2n) is 6.01. The number of benzene rings is 2. The summed E-state index contributed by atoms with van der Waals surface area (Å²) < 4.78 is 12.0. The number of carbonyl (C=O) groups excluding carboxylic acids is 1. The molecule has 3 rings (SSSR count). The van der Waals surface area contributed by atoms with E-state index in [9.17, 15) is 14.9 Å². The fraction of sp³-hybridized carbons (Fsp3) is 0.316. The summed E-state index contributed by atoms with van der Waals surface area (Å²) in [7, 11) is 0. The van der Waals surface area contributed by atoms with Crippen LogP contribution in [0.2, 0.25) is 0 Å². The molecule has 1 unspecified atom stereocenters. The van der Waals surface area contributed by atoms with E-state index >= 15 is 0 Å². The molecule has 8 heteroatoms. The van der Waals surface area contributed by atoms with Crippen LogP contribution in [0.1, 0.15) is 28.9 Å². The van der Waals surface area contributed by atoms with Crippen molar-refractivity contribution in [3.05, 3.63) is 68.2 Å². The summed E-state index contributed by atoms with van der Waals surface area (Å²) in [6, 6.07) is 12.1. The third-order valence-corrected chi connectivity index (χ3v) is 5.07. The molecule has 0 amide bonds. The van der Waals surface area contributed by atoms with Gasteiger partial charge in [0.1, 0.15) is 6.10 Å². The van der Waals surface area contributed by atoms with Gasteiger partial charge in [-0.05, 0) is 24.6 Å². The normalized spacial score (nSPS) is 16.8. The summed E-state index contributed by atoms with van der Waals surface area (Å²) in [4.78, 5) is 25.0. The third-order valence-electron chi connectivity index (χ3n) is 4.35. The molecular formula is C19H19BrN2O5. The van der Waals surface area contributed by atoms with Crippen molar-refractivity contribution in [1.29, 1.82) is 0 Å². The number of nitro groups is 1. The first-order chi connectivity index (χ1) is 13.0. The van der Waals surface area contributed by atoms with Gasteiger partial charge in [-0.3, -0.25) is 10.1 Å². The number of ether oxygens (including phenoxy) is 2. The Morgan fingerprint density at radius 2 is 2.15 bits per heavy atom. The second kappa shape index (κ2) is 8.49. The molecule has 0 spiro atoms. The van der Waals surface area contributed by atoms with Crippen LogP contribution in [0.25, 0.3) is 0 Å². The number of hydrogen-bond acceptors (Lipinski definition) is 6. The Kier molecular flexibility index (Phi) is 6.08. The molecule has 142 valence electrons. The first-order valence-electron chi connectivity index (χ1n) is 8.57. The van der Waals surface area contributed by atoms with E-state index in [1.807, 2.05) is 29.2 Å². The Morgan fingerprint density at radius 1 is 1.37 bits per heavy atom. The zero-order chi connectivity index (χ0) is 19.4. The highest BCUT2D eigenvalue weighted by Crippen LogP contribution is 2.33. The smallest absolute Gasteiger partial charge is 0.340 e. The van der Waals surface area contributed by atoms with E-state index in [2.05, 4.69) is 15.9 Å². The van der Waals surface area contributed by atoms with Gasteiger partial charge >= 0.3 is 5.97 Å². The van der Waals surface area contributed by atoms with Crippen LogP contribution in [0.4, 0.5) is 11.4 Å². The average Bonchev–Trinajstić information content (AvgIpc) is 2.68. The molecule has 7 nitrogen and oxygen atoms in total. The molecule has 2 aromatic rings. The standard InChI is InChI=1S/C19H19BrN2O5/c1-2-26-19(23)15-11-13(22(24)25)7-8-17(15)21-9-10-27-18(12-21)14-5-3-4-6-16(14)20/h3-8,11,18H,2,9-10,12H2,1H3. The van der Waals surface area contributed by atoms with Gasteiger partial charge in [-0.25, -0.2) is 4.79 Å². The molecule has 27 heavy (non-hydrogen) atoms. The molecule has 0 saturated carbocycles. The number of non-ortho nitro benzene ring substituents is 1.